The lowest BCUT2D eigenvalue weighted by Gasteiger charge is -2.39. The molecule has 2 atom stereocenters. The largest absolute Gasteiger partial charge is 0.481 e. The quantitative estimate of drug-likeness (QED) is 0.763. The molecule has 0 saturated heterocycles. The van der Waals surface area contributed by atoms with Crippen molar-refractivity contribution in [2.45, 2.75) is 58.0 Å². The van der Waals surface area contributed by atoms with E-state index in [1.807, 2.05) is 13.8 Å². The van der Waals surface area contributed by atoms with Crippen LogP contribution in [0.15, 0.2) is 24.3 Å². The van der Waals surface area contributed by atoms with Crippen LogP contribution in [0, 0.1) is 5.92 Å². The van der Waals surface area contributed by atoms with Gasteiger partial charge in [-0.2, -0.15) is 0 Å². The SMILES string of the molecule is CC(C)NC(=O)c1ccc(C(=O)NC2(C)CCCCC2C(=O)O)cc1. The smallest absolute Gasteiger partial charge is 0.308 e. The van der Waals surface area contributed by atoms with E-state index in [2.05, 4.69) is 10.6 Å². The molecule has 0 spiro atoms. The van der Waals surface area contributed by atoms with Gasteiger partial charge >= 0.3 is 5.97 Å². The predicted octanol–water partition coefficient (Wildman–Crippen LogP) is 2.59. The second kappa shape index (κ2) is 7.68. The Hall–Kier alpha value is -2.37. The van der Waals surface area contributed by atoms with Crippen LogP contribution in [0.1, 0.15) is 67.2 Å². The number of hydrogen-bond donors (Lipinski definition) is 3. The molecule has 1 fully saturated rings. The molecule has 2 unspecified atom stereocenters. The van der Waals surface area contributed by atoms with E-state index in [-0.39, 0.29) is 17.9 Å². The zero-order chi connectivity index (χ0) is 18.6. The fraction of sp³-hybridized carbons (Fsp3) is 0.526. The Kier molecular flexibility index (Phi) is 5.82. The van der Waals surface area contributed by atoms with Gasteiger partial charge in [-0.25, -0.2) is 0 Å². The maximum atomic E-state index is 12.5. The lowest BCUT2D eigenvalue weighted by atomic mass is 9.73. The van der Waals surface area contributed by atoms with Crippen molar-refractivity contribution in [3.05, 3.63) is 35.4 Å². The van der Waals surface area contributed by atoms with Gasteiger partial charge in [0.05, 0.1) is 11.5 Å². The summed E-state index contributed by atoms with van der Waals surface area (Å²) in [6.07, 6.45) is 2.97. The average molecular weight is 346 g/mol. The third-order valence-corrected chi connectivity index (χ3v) is 4.73. The number of benzene rings is 1. The van der Waals surface area contributed by atoms with Crippen molar-refractivity contribution >= 4 is 17.8 Å². The van der Waals surface area contributed by atoms with Gasteiger partial charge in [-0.3, -0.25) is 14.4 Å². The lowest BCUT2D eigenvalue weighted by molar-refractivity contribution is -0.145. The minimum Gasteiger partial charge on any atom is -0.481 e. The average Bonchev–Trinajstić information content (AvgIpc) is 2.54. The molecule has 0 bridgehead atoms. The molecule has 1 aliphatic rings. The third-order valence-electron chi connectivity index (χ3n) is 4.73. The van der Waals surface area contributed by atoms with Gasteiger partial charge in [-0.1, -0.05) is 12.8 Å². The standard InChI is InChI=1S/C19H26N2O4/c1-12(2)20-16(22)13-7-9-14(10-8-13)17(23)21-19(3)11-5-4-6-15(19)18(24)25/h7-10,12,15H,4-6,11H2,1-3H3,(H,20,22)(H,21,23)(H,24,25). The van der Waals surface area contributed by atoms with Crippen LogP contribution >= 0.6 is 0 Å². The van der Waals surface area contributed by atoms with E-state index >= 15 is 0 Å². The van der Waals surface area contributed by atoms with Crippen molar-refractivity contribution in [2.75, 3.05) is 0 Å². The summed E-state index contributed by atoms with van der Waals surface area (Å²) in [6, 6.07) is 6.42. The van der Waals surface area contributed by atoms with Gasteiger partial charge in [0, 0.05) is 17.2 Å². The van der Waals surface area contributed by atoms with Crippen molar-refractivity contribution in [3.8, 4) is 0 Å². The lowest BCUT2D eigenvalue weighted by Crippen LogP contribution is -2.55. The normalized spacial score (nSPS) is 23.1. The molecule has 1 aliphatic carbocycles. The molecule has 2 rings (SSSR count). The Balaban J connectivity index is 2.10. The van der Waals surface area contributed by atoms with E-state index in [9.17, 15) is 19.5 Å². The van der Waals surface area contributed by atoms with Crippen molar-refractivity contribution in [2.24, 2.45) is 5.92 Å². The molecular formula is C19H26N2O4. The number of carbonyl (C=O) groups is 3. The molecule has 6 heteroatoms. The zero-order valence-electron chi connectivity index (χ0n) is 15.0. The molecule has 1 saturated carbocycles. The number of aliphatic carboxylic acids is 1. The summed E-state index contributed by atoms with van der Waals surface area (Å²) in [4.78, 5) is 36.0. The van der Waals surface area contributed by atoms with Crippen LogP contribution in [0.2, 0.25) is 0 Å². The number of rotatable bonds is 5. The van der Waals surface area contributed by atoms with Gasteiger partial charge in [0.1, 0.15) is 0 Å². The van der Waals surface area contributed by atoms with Crippen molar-refractivity contribution in [1.82, 2.24) is 10.6 Å². The summed E-state index contributed by atoms with van der Waals surface area (Å²) < 4.78 is 0. The van der Waals surface area contributed by atoms with Gasteiger partial charge in [-0.15, -0.1) is 0 Å². The third kappa shape index (κ3) is 4.59. The number of nitrogens with one attached hydrogen (secondary N) is 2. The summed E-state index contributed by atoms with van der Waals surface area (Å²) in [7, 11) is 0. The van der Waals surface area contributed by atoms with E-state index in [0.717, 1.165) is 12.8 Å². The summed E-state index contributed by atoms with van der Waals surface area (Å²) >= 11 is 0. The zero-order valence-corrected chi connectivity index (χ0v) is 15.0. The molecule has 2 amide bonds. The number of hydrogen-bond acceptors (Lipinski definition) is 3. The van der Waals surface area contributed by atoms with Crippen LogP contribution in [0.3, 0.4) is 0 Å². The molecule has 1 aromatic carbocycles. The van der Waals surface area contributed by atoms with Crippen LogP contribution in [-0.4, -0.2) is 34.5 Å². The minimum atomic E-state index is -0.872. The van der Waals surface area contributed by atoms with Crippen molar-refractivity contribution < 1.29 is 19.5 Å². The Labute approximate surface area is 148 Å². The van der Waals surface area contributed by atoms with Crippen molar-refractivity contribution in [1.29, 1.82) is 0 Å². The van der Waals surface area contributed by atoms with Gasteiger partial charge < -0.3 is 15.7 Å². The van der Waals surface area contributed by atoms with Crippen LogP contribution in [0.5, 0.6) is 0 Å². The number of carbonyl (C=O) groups excluding carboxylic acids is 2. The molecule has 0 aromatic heterocycles. The predicted molar refractivity (Wildman–Crippen MR) is 94.5 cm³/mol. The molecule has 0 heterocycles. The van der Waals surface area contributed by atoms with Crippen LogP contribution in [0.4, 0.5) is 0 Å². The van der Waals surface area contributed by atoms with E-state index in [1.54, 1.807) is 31.2 Å². The summed E-state index contributed by atoms with van der Waals surface area (Å²) in [5.41, 5.74) is 0.143. The molecule has 3 N–H and O–H groups in total. The van der Waals surface area contributed by atoms with Crippen LogP contribution < -0.4 is 10.6 Å². The van der Waals surface area contributed by atoms with Gasteiger partial charge in [0.25, 0.3) is 11.8 Å². The van der Waals surface area contributed by atoms with E-state index < -0.39 is 17.4 Å². The first kappa shape index (κ1) is 19.0. The Morgan fingerprint density at radius 2 is 1.64 bits per heavy atom. The van der Waals surface area contributed by atoms with E-state index in [0.29, 0.717) is 24.0 Å². The molecular weight excluding hydrogens is 320 g/mol. The highest BCUT2D eigenvalue weighted by molar-refractivity contribution is 5.98. The minimum absolute atomic E-state index is 0.0367. The Morgan fingerprint density at radius 3 is 2.16 bits per heavy atom. The van der Waals surface area contributed by atoms with Gasteiger partial charge in [0.15, 0.2) is 0 Å². The highest BCUT2D eigenvalue weighted by Crippen LogP contribution is 2.34. The number of carboxylic acids is 1. The Bertz CT molecular complexity index is 654. The summed E-state index contributed by atoms with van der Waals surface area (Å²) in [5.74, 6) is -1.96. The molecule has 6 nitrogen and oxygen atoms in total. The second-order valence-corrected chi connectivity index (χ2v) is 7.21. The first-order valence-electron chi connectivity index (χ1n) is 8.69. The molecule has 25 heavy (non-hydrogen) atoms. The highest BCUT2D eigenvalue weighted by atomic mass is 16.4. The first-order valence-corrected chi connectivity index (χ1v) is 8.69. The van der Waals surface area contributed by atoms with Crippen LogP contribution in [0.25, 0.3) is 0 Å². The first-order chi connectivity index (χ1) is 11.7. The summed E-state index contributed by atoms with van der Waals surface area (Å²) in [5, 5.41) is 15.1. The topological polar surface area (TPSA) is 95.5 Å². The van der Waals surface area contributed by atoms with Gasteiger partial charge in [-0.05, 0) is 57.9 Å². The van der Waals surface area contributed by atoms with Crippen LogP contribution in [-0.2, 0) is 4.79 Å². The van der Waals surface area contributed by atoms with Gasteiger partial charge in [0.2, 0.25) is 0 Å². The molecule has 0 radical (unpaired) electrons. The summed E-state index contributed by atoms with van der Waals surface area (Å²) in [6.45, 7) is 5.56. The monoisotopic (exact) mass is 346 g/mol. The fourth-order valence-corrected chi connectivity index (χ4v) is 3.33. The maximum Gasteiger partial charge on any atom is 0.308 e. The number of carboxylic acid groups (broad SMARTS) is 1. The Morgan fingerprint density at radius 1 is 1.08 bits per heavy atom. The second-order valence-electron chi connectivity index (χ2n) is 7.21. The number of amides is 2. The molecule has 0 aliphatic heterocycles. The molecule has 1 aromatic rings. The van der Waals surface area contributed by atoms with E-state index in [1.165, 1.54) is 0 Å². The van der Waals surface area contributed by atoms with Crippen molar-refractivity contribution in [3.63, 3.8) is 0 Å². The molecule has 136 valence electrons. The van der Waals surface area contributed by atoms with E-state index in [4.69, 9.17) is 0 Å². The fourth-order valence-electron chi connectivity index (χ4n) is 3.33. The maximum absolute atomic E-state index is 12.5. The highest BCUT2D eigenvalue weighted by Gasteiger charge is 2.42.